The standard InChI is InChI=1S/C12H16N2O2S2/c1-9(8-18(2,15)16)13-7-12-14-10-5-3-4-6-11(10)17-12/h3-6,9,13H,7-8H2,1-2H3. The Morgan fingerprint density at radius 1 is 1.39 bits per heavy atom. The third kappa shape index (κ3) is 3.76. The summed E-state index contributed by atoms with van der Waals surface area (Å²) in [5, 5.41) is 4.17. The fourth-order valence-electron chi connectivity index (χ4n) is 1.77. The SMILES string of the molecule is CC(CS(C)(=O)=O)NCc1nc2ccccc2s1. The Bertz CT molecular complexity index is 601. The zero-order valence-electron chi connectivity index (χ0n) is 10.4. The fraction of sp³-hybridized carbons (Fsp3) is 0.417. The van der Waals surface area contributed by atoms with Gasteiger partial charge in [0, 0.05) is 18.8 Å². The van der Waals surface area contributed by atoms with E-state index in [1.165, 1.54) is 6.26 Å². The van der Waals surface area contributed by atoms with E-state index >= 15 is 0 Å². The molecule has 1 atom stereocenters. The highest BCUT2D eigenvalue weighted by molar-refractivity contribution is 7.90. The topological polar surface area (TPSA) is 59.1 Å². The largest absolute Gasteiger partial charge is 0.307 e. The highest BCUT2D eigenvalue weighted by Crippen LogP contribution is 2.21. The van der Waals surface area contributed by atoms with Crippen molar-refractivity contribution in [1.29, 1.82) is 0 Å². The van der Waals surface area contributed by atoms with Gasteiger partial charge in [-0.25, -0.2) is 13.4 Å². The molecule has 2 aromatic rings. The zero-order valence-corrected chi connectivity index (χ0v) is 12.0. The highest BCUT2D eigenvalue weighted by Gasteiger charge is 2.11. The van der Waals surface area contributed by atoms with Crippen molar-refractivity contribution in [2.75, 3.05) is 12.0 Å². The molecule has 0 aliphatic heterocycles. The van der Waals surface area contributed by atoms with Gasteiger partial charge in [-0.05, 0) is 19.1 Å². The molecule has 18 heavy (non-hydrogen) atoms. The molecule has 0 saturated carbocycles. The van der Waals surface area contributed by atoms with E-state index in [0.29, 0.717) is 6.54 Å². The molecular formula is C12H16N2O2S2. The molecule has 98 valence electrons. The third-order valence-electron chi connectivity index (χ3n) is 2.49. The molecule has 0 aliphatic rings. The molecule has 1 unspecified atom stereocenters. The van der Waals surface area contributed by atoms with Crippen LogP contribution in [0.5, 0.6) is 0 Å². The number of benzene rings is 1. The molecule has 2 rings (SSSR count). The number of hydrogen-bond acceptors (Lipinski definition) is 5. The minimum Gasteiger partial charge on any atom is -0.307 e. The van der Waals surface area contributed by atoms with E-state index in [9.17, 15) is 8.42 Å². The Morgan fingerprint density at radius 3 is 2.78 bits per heavy atom. The van der Waals surface area contributed by atoms with Gasteiger partial charge < -0.3 is 5.32 Å². The smallest absolute Gasteiger partial charge is 0.148 e. The van der Waals surface area contributed by atoms with Crippen LogP contribution in [0.1, 0.15) is 11.9 Å². The lowest BCUT2D eigenvalue weighted by Crippen LogP contribution is -2.32. The Kier molecular flexibility index (Phi) is 3.99. The van der Waals surface area contributed by atoms with Crippen LogP contribution in [0.25, 0.3) is 10.2 Å². The number of nitrogens with one attached hydrogen (secondary N) is 1. The van der Waals surface area contributed by atoms with Crippen LogP contribution in [0.4, 0.5) is 0 Å². The molecule has 1 aromatic heterocycles. The predicted octanol–water partition coefficient (Wildman–Crippen LogP) is 1.82. The van der Waals surface area contributed by atoms with E-state index in [1.807, 2.05) is 31.2 Å². The summed E-state index contributed by atoms with van der Waals surface area (Å²) >= 11 is 1.63. The van der Waals surface area contributed by atoms with Gasteiger partial charge in [-0.2, -0.15) is 0 Å². The molecule has 0 aliphatic carbocycles. The lowest BCUT2D eigenvalue weighted by molar-refractivity contribution is 0.559. The van der Waals surface area contributed by atoms with Crippen molar-refractivity contribution >= 4 is 31.4 Å². The number of para-hydroxylation sites is 1. The summed E-state index contributed by atoms with van der Waals surface area (Å²) in [6.07, 6.45) is 1.25. The van der Waals surface area contributed by atoms with Gasteiger partial charge >= 0.3 is 0 Å². The van der Waals surface area contributed by atoms with Gasteiger partial charge in [-0.3, -0.25) is 0 Å². The van der Waals surface area contributed by atoms with Gasteiger partial charge in [0.25, 0.3) is 0 Å². The second-order valence-electron chi connectivity index (χ2n) is 4.45. The van der Waals surface area contributed by atoms with Crippen molar-refractivity contribution in [3.63, 3.8) is 0 Å². The van der Waals surface area contributed by atoms with E-state index in [-0.39, 0.29) is 11.8 Å². The van der Waals surface area contributed by atoms with Crippen LogP contribution in [-0.4, -0.2) is 31.5 Å². The summed E-state index contributed by atoms with van der Waals surface area (Å²) in [6, 6.07) is 7.91. The Morgan fingerprint density at radius 2 is 2.11 bits per heavy atom. The first kappa shape index (κ1) is 13.5. The van der Waals surface area contributed by atoms with E-state index in [0.717, 1.165) is 15.2 Å². The van der Waals surface area contributed by atoms with Crippen LogP contribution < -0.4 is 5.32 Å². The van der Waals surface area contributed by atoms with Crippen LogP contribution in [0.3, 0.4) is 0 Å². The maximum atomic E-state index is 11.1. The maximum Gasteiger partial charge on any atom is 0.148 e. The van der Waals surface area contributed by atoms with E-state index in [2.05, 4.69) is 10.3 Å². The monoisotopic (exact) mass is 284 g/mol. The van der Waals surface area contributed by atoms with Crippen LogP contribution in [0.2, 0.25) is 0 Å². The van der Waals surface area contributed by atoms with Crippen molar-refractivity contribution in [2.45, 2.75) is 19.5 Å². The second-order valence-corrected chi connectivity index (χ2v) is 7.75. The maximum absolute atomic E-state index is 11.1. The normalized spacial score (nSPS) is 13.9. The van der Waals surface area contributed by atoms with Crippen molar-refractivity contribution in [2.24, 2.45) is 0 Å². The molecule has 6 heteroatoms. The molecule has 0 amide bonds. The first-order chi connectivity index (χ1) is 8.44. The quantitative estimate of drug-likeness (QED) is 0.910. The number of sulfone groups is 1. The van der Waals surface area contributed by atoms with Crippen LogP contribution in [0.15, 0.2) is 24.3 Å². The summed E-state index contributed by atoms with van der Waals surface area (Å²) in [4.78, 5) is 4.49. The van der Waals surface area contributed by atoms with Gasteiger partial charge in [-0.1, -0.05) is 12.1 Å². The summed E-state index contributed by atoms with van der Waals surface area (Å²) < 4.78 is 23.4. The number of rotatable bonds is 5. The number of aromatic nitrogens is 1. The molecule has 4 nitrogen and oxygen atoms in total. The molecule has 0 saturated heterocycles. The summed E-state index contributed by atoms with van der Waals surface area (Å²) in [5.41, 5.74) is 0.995. The molecule has 0 bridgehead atoms. The van der Waals surface area contributed by atoms with E-state index < -0.39 is 9.84 Å². The summed E-state index contributed by atoms with van der Waals surface area (Å²) in [7, 11) is -2.93. The zero-order chi connectivity index (χ0) is 13.2. The van der Waals surface area contributed by atoms with Crippen molar-refractivity contribution < 1.29 is 8.42 Å². The third-order valence-corrected chi connectivity index (χ3v) is 4.63. The number of thiazole rings is 1. The molecule has 0 fully saturated rings. The molecule has 1 N–H and O–H groups in total. The van der Waals surface area contributed by atoms with Crippen molar-refractivity contribution in [3.05, 3.63) is 29.3 Å². The minimum atomic E-state index is -2.93. The second kappa shape index (κ2) is 5.34. The predicted molar refractivity (Wildman–Crippen MR) is 75.6 cm³/mol. The Hall–Kier alpha value is -0.980. The summed E-state index contributed by atoms with van der Waals surface area (Å²) in [5.74, 6) is 0.151. The Balaban J connectivity index is 1.98. The first-order valence-corrected chi connectivity index (χ1v) is 8.57. The molecule has 1 aromatic carbocycles. The lowest BCUT2D eigenvalue weighted by atomic mass is 10.3. The van der Waals surface area contributed by atoms with E-state index in [4.69, 9.17) is 0 Å². The van der Waals surface area contributed by atoms with E-state index in [1.54, 1.807) is 11.3 Å². The fourth-order valence-corrected chi connectivity index (χ4v) is 3.71. The average molecular weight is 284 g/mol. The summed E-state index contributed by atoms with van der Waals surface area (Å²) in [6.45, 7) is 2.48. The van der Waals surface area contributed by atoms with Crippen molar-refractivity contribution in [3.8, 4) is 0 Å². The number of fused-ring (bicyclic) bond motifs is 1. The molecule has 1 heterocycles. The molecule has 0 spiro atoms. The van der Waals surface area contributed by atoms with Gasteiger partial charge in [0.1, 0.15) is 14.8 Å². The first-order valence-electron chi connectivity index (χ1n) is 5.69. The van der Waals surface area contributed by atoms with Gasteiger partial charge in [-0.15, -0.1) is 11.3 Å². The number of nitrogens with zero attached hydrogens (tertiary/aromatic N) is 1. The lowest BCUT2D eigenvalue weighted by Gasteiger charge is -2.10. The van der Waals surface area contributed by atoms with Crippen LogP contribution in [-0.2, 0) is 16.4 Å². The molecule has 0 radical (unpaired) electrons. The van der Waals surface area contributed by atoms with Crippen molar-refractivity contribution in [1.82, 2.24) is 10.3 Å². The van der Waals surface area contributed by atoms with Gasteiger partial charge in [0.2, 0.25) is 0 Å². The van der Waals surface area contributed by atoms with Gasteiger partial charge in [0.15, 0.2) is 0 Å². The highest BCUT2D eigenvalue weighted by atomic mass is 32.2. The Labute approximate surface area is 111 Å². The minimum absolute atomic E-state index is 0.0630. The average Bonchev–Trinajstić information content (AvgIpc) is 2.66. The van der Waals surface area contributed by atoms with Crippen LogP contribution >= 0.6 is 11.3 Å². The van der Waals surface area contributed by atoms with Gasteiger partial charge in [0.05, 0.1) is 16.0 Å². The number of hydrogen-bond donors (Lipinski definition) is 1. The van der Waals surface area contributed by atoms with Crippen LogP contribution in [0, 0.1) is 0 Å². The molecular weight excluding hydrogens is 268 g/mol.